The lowest BCUT2D eigenvalue weighted by Crippen LogP contribution is -2.44. The molecule has 0 spiro atoms. The molecule has 162 valence electrons. The molecule has 1 atom stereocenters. The number of amides is 3. The van der Waals surface area contributed by atoms with Gasteiger partial charge in [0.15, 0.2) is 0 Å². The van der Waals surface area contributed by atoms with Crippen molar-refractivity contribution in [3.8, 4) is 0 Å². The zero-order valence-corrected chi connectivity index (χ0v) is 17.3. The van der Waals surface area contributed by atoms with Crippen LogP contribution in [-0.2, 0) is 16.0 Å². The quantitative estimate of drug-likeness (QED) is 0.749. The van der Waals surface area contributed by atoms with Crippen molar-refractivity contribution < 1.29 is 18.8 Å². The van der Waals surface area contributed by atoms with Crippen molar-refractivity contribution in [2.24, 2.45) is 5.92 Å². The molecular formula is C24H26FN3O3. The van der Waals surface area contributed by atoms with E-state index in [2.05, 4.69) is 10.6 Å². The number of carbonyl (C=O) groups is 3. The Labute approximate surface area is 180 Å². The van der Waals surface area contributed by atoms with Crippen molar-refractivity contribution >= 4 is 23.4 Å². The second-order valence-electron chi connectivity index (χ2n) is 8.30. The maximum atomic E-state index is 13.1. The van der Waals surface area contributed by atoms with Gasteiger partial charge in [-0.1, -0.05) is 12.1 Å². The summed E-state index contributed by atoms with van der Waals surface area (Å²) in [4.78, 5) is 39.1. The van der Waals surface area contributed by atoms with E-state index in [1.807, 2.05) is 0 Å². The van der Waals surface area contributed by atoms with Crippen molar-refractivity contribution in [3.05, 3.63) is 65.5 Å². The first kappa shape index (κ1) is 21.0. The van der Waals surface area contributed by atoms with Crippen LogP contribution in [0, 0.1) is 11.7 Å². The molecule has 2 aromatic carbocycles. The number of nitrogens with one attached hydrogen (secondary N) is 2. The Kier molecular flexibility index (Phi) is 6.30. The monoisotopic (exact) mass is 423 g/mol. The van der Waals surface area contributed by atoms with E-state index >= 15 is 0 Å². The lowest BCUT2D eigenvalue weighted by atomic mass is 9.96. The molecule has 2 fully saturated rings. The highest BCUT2D eigenvalue weighted by Crippen LogP contribution is 2.21. The van der Waals surface area contributed by atoms with Gasteiger partial charge in [0, 0.05) is 30.4 Å². The summed E-state index contributed by atoms with van der Waals surface area (Å²) in [7, 11) is 0. The van der Waals surface area contributed by atoms with Crippen LogP contribution in [0.1, 0.15) is 41.6 Å². The summed E-state index contributed by atoms with van der Waals surface area (Å²) >= 11 is 0. The Morgan fingerprint density at radius 1 is 0.968 bits per heavy atom. The number of halogens is 1. The third-order valence-corrected chi connectivity index (χ3v) is 5.74. The Balaban J connectivity index is 1.30. The van der Waals surface area contributed by atoms with Crippen molar-refractivity contribution in [2.75, 3.05) is 18.4 Å². The molecule has 7 heteroatoms. The normalized spacial score (nSPS) is 18.4. The maximum Gasteiger partial charge on any atom is 0.251 e. The summed E-state index contributed by atoms with van der Waals surface area (Å²) in [6.07, 6.45) is 3.73. The lowest BCUT2D eigenvalue weighted by molar-refractivity contribution is -0.133. The van der Waals surface area contributed by atoms with Gasteiger partial charge in [0.1, 0.15) is 5.82 Å². The first-order chi connectivity index (χ1) is 15.0. The fourth-order valence-corrected chi connectivity index (χ4v) is 3.75. The molecule has 1 aliphatic carbocycles. The van der Waals surface area contributed by atoms with Crippen LogP contribution in [0.2, 0.25) is 0 Å². The lowest BCUT2D eigenvalue weighted by Gasteiger charge is -2.32. The standard InChI is InChI=1S/C24H26FN3O3/c25-19-7-3-16(4-8-19)14-22(29)28-13-1-2-18(15-28)24(31)27-20-9-5-17(6-10-20)23(30)26-21-11-12-21/h3-10,18,21H,1-2,11-15H2,(H,26,30)(H,27,31)/t18-/m0/s1. The van der Waals surface area contributed by atoms with Crippen LogP contribution >= 0.6 is 0 Å². The first-order valence-electron chi connectivity index (χ1n) is 10.7. The van der Waals surface area contributed by atoms with Gasteiger partial charge >= 0.3 is 0 Å². The van der Waals surface area contributed by atoms with Crippen molar-refractivity contribution in [2.45, 2.75) is 38.1 Å². The van der Waals surface area contributed by atoms with E-state index in [9.17, 15) is 18.8 Å². The Morgan fingerprint density at radius 2 is 1.68 bits per heavy atom. The average molecular weight is 423 g/mol. The van der Waals surface area contributed by atoms with Crippen LogP contribution in [-0.4, -0.2) is 41.8 Å². The second-order valence-corrected chi connectivity index (χ2v) is 8.30. The van der Waals surface area contributed by atoms with E-state index in [4.69, 9.17) is 0 Å². The topological polar surface area (TPSA) is 78.5 Å². The van der Waals surface area contributed by atoms with Crippen LogP contribution in [0.4, 0.5) is 10.1 Å². The number of rotatable bonds is 6. The third-order valence-electron chi connectivity index (χ3n) is 5.74. The largest absolute Gasteiger partial charge is 0.349 e. The Hall–Kier alpha value is -3.22. The molecule has 31 heavy (non-hydrogen) atoms. The summed E-state index contributed by atoms with van der Waals surface area (Å²) in [6.45, 7) is 0.988. The highest BCUT2D eigenvalue weighted by molar-refractivity contribution is 5.96. The van der Waals surface area contributed by atoms with Gasteiger partial charge in [-0.05, 0) is 67.6 Å². The maximum absolute atomic E-state index is 13.1. The minimum absolute atomic E-state index is 0.0601. The molecule has 2 N–H and O–H groups in total. The van der Waals surface area contributed by atoms with Gasteiger partial charge in [0.2, 0.25) is 11.8 Å². The Morgan fingerprint density at radius 3 is 2.35 bits per heavy atom. The fourth-order valence-electron chi connectivity index (χ4n) is 3.75. The molecule has 1 saturated carbocycles. The summed E-state index contributed by atoms with van der Waals surface area (Å²) in [5.41, 5.74) is 1.95. The first-order valence-corrected chi connectivity index (χ1v) is 10.7. The van der Waals surface area contributed by atoms with E-state index in [1.54, 1.807) is 41.3 Å². The molecule has 0 unspecified atom stereocenters. The Bertz CT molecular complexity index is 955. The van der Waals surface area contributed by atoms with E-state index < -0.39 is 0 Å². The van der Waals surface area contributed by atoms with Crippen LogP contribution in [0.25, 0.3) is 0 Å². The smallest absolute Gasteiger partial charge is 0.251 e. The van der Waals surface area contributed by atoms with E-state index in [0.29, 0.717) is 36.8 Å². The third kappa shape index (κ3) is 5.69. The molecule has 2 aliphatic rings. The minimum atomic E-state index is -0.331. The van der Waals surface area contributed by atoms with Gasteiger partial charge in [0.05, 0.1) is 12.3 Å². The molecule has 1 saturated heterocycles. The number of likely N-dealkylation sites (tertiary alicyclic amines) is 1. The zero-order valence-electron chi connectivity index (χ0n) is 17.3. The predicted molar refractivity (Wildman–Crippen MR) is 115 cm³/mol. The molecule has 2 aromatic rings. The van der Waals surface area contributed by atoms with Gasteiger partial charge < -0.3 is 15.5 Å². The molecule has 6 nitrogen and oxygen atoms in total. The van der Waals surface area contributed by atoms with Gasteiger partial charge in [-0.3, -0.25) is 14.4 Å². The van der Waals surface area contributed by atoms with E-state index in [0.717, 1.165) is 24.8 Å². The number of piperidine rings is 1. The van der Waals surface area contributed by atoms with Gasteiger partial charge in [-0.25, -0.2) is 4.39 Å². The molecule has 4 rings (SSSR count). The van der Waals surface area contributed by atoms with Gasteiger partial charge in [-0.15, -0.1) is 0 Å². The highest BCUT2D eigenvalue weighted by atomic mass is 19.1. The molecule has 1 aliphatic heterocycles. The van der Waals surface area contributed by atoms with Crippen LogP contribution in [0.15, 0.2) is 48.5 Å². The van der Waals surface area contributed by atoms with Crippen molar-refractivity contribution in [1.29, 1.82) is 0 Å². The SMILES string of the molecule is O=C(NC1CC1)c1ccc(NC(=O)[C@H]2CCCN(C(=O)Cc3ccc(F)cc3)C2)cc1. The minimum Gasteiger partial charge on any atom is -0.349 e. The highest BCUT2D eigenvalue weighted by Gasteiger charge is 2.28. The average Bonchev–Trinajstić information content (AvgIpc) is 3.60. The van der Waals surface area contributed by atoms with Crippen LogP contribution in [0.5, 0.6) is 0 Å². The second kappa shape index (κ2) is 9.29. The predicted octanol–water partition coefficient (Wildman–Crippen LogP) is 3.14. The number of benzene rings is 2. The molecule has 1 heterocycles. The number of anilines is 1. The summed E-state index contributed by atoms with van der Waals surface area (Å²) in [5, 5.41) is 5.83. The van der Waals surface area contributed by atoms with Gasteiger partial charge in [0.25, 0.3) is 5.91 Å². The number of hydrogen-bond donors (Lipinski definition) is 2. The molecule has 3 amide bonds. The zero-order chi connectivity index (χ0) is 21.8. The van der Waals surface area contributed by atoms with Crippen molar-refractivity contribution in [3.63, 3.8) is 0 Å². The molecule has 0 aromatic heterocycles. The van der Waals surface area contributed by atoms with E-state index in [-0.39, 0.29) is 35.9 Å². The van der Waals surface area contributed by atoms with Crippen LogP contribution < -0.4 is 10.6 Å². The van der Waals surface area contributed by atoms with Gasteiger partial charge in [-0.2, -0.15) is 0 Å². The number of hydrogen-bond acceptors (Lipinski definition) is 3. The molecule has 0 bridgehead atoms. The number of carbonyl (C=O) groups excluding carboxylic acids is 3. The summed E-state index contributed by atoms with van der Waals surface area (Å²) in [6, 6.07) is 13.0. The summed E-state index contributed by atoms with van der Waals surface area (Å²) in [5.74, 6) is -0.904. The molecular weight excluding hydrogens is 397 g/mol. The summed E-state index contributed by atoms with van der Waals surface area (Å²) < 4.78 is 13.1. The molecule has 0 radical (unpaired) electrons. The van der Waals surface area contributed by atoms with Crippen molar-refractivity contribution in [1.82, 2.24) is 10.2 Å². The van der Waals surface area contributed by atoms with Crippen LogP contribution in [0.3, 0.4) is 0 Å². The fraction of sp³-hybridized carbons (Fsp3) is 0.375. The van der Waals surface area contributed by atoms with E-state index in [1.165, 1.54) is 12.1 Å². The number of nitrogens with zero attached hydrogens (tertiary/aromatic N) is 1.